The van der Waals surface area contributed by atoms with Gasteiger partial charge in [0.25, 0.3) is 5.56 Å². The van der Waals surface area contributed by atoms with Crippen LogP contribution in [0, 0.1) is 5.92 Å². The number of fused-ring (bicyclic) bond motifs is 3. The van der Waals surface area contributed by atoms with Crippen molar-refractivity contribution in [3.05, 3.63) is 77.1 Å². The van der Waals surface area contributed by atoms with E-state index in [0.29, 0.717) is 54.9 Å². The Bertz CT molecular complexity index is 1490. The SMILES string of the molecule is C=C(/C(=C\C=C/C)OC(F)F)[C@@H]1CCn2c(=O)c3ccc(-c4cnc(NC[C@H]5CNC(=O)C5)nc4)cc3n21. The largest absolute Gasteiger partial charge is 0.434 e. The molecule has 1 saturated heterocycles. The van der Waals surface area contributed by atoms with Gasteiger partial charge in [-0.2, -0.15) is 8.78 Å². The van der Waals surface area contributed by atoms with Gasteiger partial charge in [-0.1, -0.05) is 24.8 Å². The number of nitrogens with one attached hydrogen (secondary N) is 2. The topological polar surface area (TPSA) is 103 Å². The Morgan fingerprint density at radius 1 is 1.29 bits per heavy atom. The Hall–Kier alpha value is -4.28. The van der Waals surface area contributed by atoms with Crippen LogP contribution >= 0.6 is 0 Å². The maximum absolute atomic E-state index is 13.1. The number of hydrogen-bond donors (Lipinski definition) is 2. The predicted octanol–water partition coefficient (Wildman–Crippen LogP) is 4.01. The number of anilines is 1. The Morgan fingerprint density at radius 3 is 2.76 bits per heavy atom. The summed E-state index contributed by atoms with van der Waals surface area (Å²) < 4.78 is 34.4. The summed E-state index contributed by atoms with van der Waals surface area (Å²) in [4.78, 5) is 33.2. The molecule has 0 unspecified atom stereocenters. The molecule has 1 fully saturated rings. The summed E-state index contributed by atoms with van der Waals surface area (Å²) in [6.45, 7) is 4.50. The number of benzene rings is 1. The number of carbonyl (C=O) groups is 1. The molecule has 4 heterocycles. The quantitative estimate of drug-likeness (QED) is 0.325. The van der Waals surface area contributed by atoms with Crippen molar-refractivity contribution in [3.63, 3.8) is 0 Å². The molecule has 1 amide bonds. The first-order valence-corrected chi connectivity index (χ1v) is 12.4. The Kier molecular flexibility index (Phi) is 7.08. The third-order valence-electron chi connectivity index (χ3n) is 6.85. The van der Waals surface area contributed by atoms with Gasteiger partial charge in [-0.25, -0.2) is 14.6 Å². The van der Waals surface area contributed by atoms with Gasteiger partial charge in [0.2, 0.25) is 11.9 Å². The molecule has 0 bridgehead atoms. The fourth-order valence-corrected chi connectivity index (χ4v) is 4.96. The van der Waals surface area contributed by atoms with Crippen LogP contribution in [0.3, 0.4) is 0 Å². The van der Waals surface area contributed by atoms with Gasteiger partial charge in [-0.05, 0) is 37.1 Å². The highest BCUT2D eigenvalue weighted by atomic mass is 19.3. The molecule has 9 nitrogen and oxygen atoms in total. The summed E-state index contributed by atoms with van der Waals surface area (Å²) in [6.07, 6.45) is 9.18. The Balaban J connectivity index is 1.42. The van der Waals surface area contributed by atoms with Crippen LogP contribution in [0.2, 0.25) is 0 Å². The van der Waals surface area contributed by atoms with E-state index in [-0.39, 0.29) is 23.1 Å². The lowest BCUT2D eigenvalue weighted by atomic mass is 10.0. The number of allylic oxidation sites excluding steroid dienone is 4. The van der Waals surface area contributed by atoms with E-state index in [4.69, 9.17) is 4.74 Å². The number of aromatic nitrogens is 4. The molecule has 11 heteroatoms. The minimum atomic E-state index is -2.99. The van der Waals surface area contributed by atoms with E-state index in [9.17, 15) is 18.4 Å². The van der Waals surface area contributed by atoms with Crippen molar-refractivity contribution >= 4 is 22.8 Å². The molecule has 2 aliphatic heterocycles. The number of carbonyl (C=O) groups excluding carboxylic acids is 1. The Morgan fingerprint density at radius 2 is 2.08 bits per heavy atom. The van der Waals surface area contributed by atoms with Crippen LogP contribution in [0.1, 0.15) is 25.8 Å². The van der Waals surface area contributed by atoms with E-state index in [1.165, 1.54) is 6.08 Å². The molecule has 5 rings (SSSR count). The van der Waals surface area contributed by atoms with Crippen LogP contribution in [-0.4, -0.2) is 44.9 Å². The molecule has 2 aromatic heterocycles. The zero-order chi connectivity index (χ0) is 26.8. The smallest absolute Gasteiger partial charge is 0.387 e. The first-order chi connectivity index (χ1) is 18.4. The predicted molar refractivity (Wildman–Crippen MR) is 140 cm³/mol. The number of hydrogen-bond acceptors (Lipinski definition) is 6. The molecule has 0 spiro atoms. The summed E-state index contributed by atoms with van der Waals surface area (Å²) in [5.74, 6) is 0.699. The lowest BCUT2D eigenvalue weighted by Gasteiger charge is -2.20. The standard InChI is InChI=1S/C27H28F2N6O3/c1-3-4-5-23(38-26(28)29)16(2)21-8-9-34-25(37)20-7-6-18(11-22(20)35(21)34)19-14-32-27(33-15-19)31-13-17-10-24(36)30-12-17/h3-7,11,14-15,17,21,26H,2,8-10,12-13H2,1H3,(H,30,36)(H,31,32,33)/b4-3-,23-5+/t17-,21+/m1/s1. The van der Waals surface area contributed by atoms with Crippen LogP contribution in [0.5, 0.6) is 0 Å². The summed E-state index contributed by atoms with van der Waals surface area (Å²) in [6, 6.07) is 5.05. The van der Waals surface area contributed by atoms with Crippen molar-refractivity contribution in [2.75, 3.05) is 18.4 Å². The van der Waals surface area contributed by atoms with Gasteiger partial charge in [0.1, 0.15) is 5.76 Å². The molecule has 2 aliphatic rings. The molecule has 38 heavy (non-hydrogen) atoms. The summed E-state index contributed by atoms with van der Waals surface area (Å²) >= 11 is 0. The average Bonchev–Trinajstić information content (AvgIpc) is 3.61. The fourth-order valence-electron chi connectivity index (χ4n) is 4.96. The number of ether oxygens (including phenoxy) is 1. The second kappa shape index (κ2) is 10.6. The zero-order valence-corrected chi connectivity index (χ0v) is 20.9. The third kappa shape index (κ3) is 4.96. The van der Waals surface area contributed by atoms with E-state index in [2.05, 4.69) is 27.2 Å². The zero-order valence-electron chi connectivity index (χ0n) is 20.9. The molecule has 3 aromatic rings. The second-order valence-electron chi connectivity index (χ2n) is 9.32. The first kappa shape index (κ1) is 25.4. The van der Waals surface area contributed by atoms with E-state index >= 15 is 0 Å². The monoisotopic (exact) mass is 522 g/mol. The van der Waals surface area contributed by atoms with Crippen LogP contribution < -0.4 is 16.2 Å². The van der Waals surface area contributed by atoms with Gasteiger partial charge in [0, 0.05) is 55.5 Å². The fraction of sp³-hybridized carbons (Fsp3) is 0.333. The molecule has 0 aliphatic carbocycles. The lowest BCUT2D eigenvalue weighted by molar-refractivity contribution is -0.119. The van der Waals surface area contributed by atoms with Gasteiger partial charge < -0.3 is 15.4 Å². The van der Waals surface area contributed by atoms with E-state index in [1.54, 1.807) is 42.2 Å². The number of amides is 1. The van der Waals surface area contributed by atoms with Crippen molar-refractivity contribution in [3.8, 4) is 11.1 Å². The maximum Gasteiger partial charge on any atom is 0.387 e. The maximum atomic E-state index is 13.1. The van der Waals surface area contributed by atoms with Crippen molar-refractivity contribution in [1.29, 1.82) is 0 Å². The van der Waals surface area contributed by atoms with Crippen molar-refractivity contribution < 1.29 is 18.3 Å². The summed E-state index contributed by atoms with van der Waals surface area (Å²) in [5, 5.41) is 6.49. The first-order valence-electron chi connectivity index (χ1n) is 12.4. The highest BCUT2D eigenvalue weighted by Gasteiger charge is 2.31. The molecule has 1 aromatic carbocycles. The average molecular weight is 523 g/mol. The number of halogens is 2. The molecular formula is C27H28F2N6O3. The van der Waals surface area contributed by atoms with E-state index in [1.807, 2.05) is 16.8 Å². The van der Waals surface area contributed by atoms with Gasteiger partial charge in [0.15, 0.2) is 0 Å². The van der Waals surface area contributed by atoms with Crippen LogP contribution in [0.15, 0.2) is 71.5 Å². The van der Waals surface area contributed by atoms with Crippen molar-refractivity contribution in [2.45, 2.75) is 39.0 Å². The van der Waals surface area contributed by atoms with Gasteiger partial charge in [-0.15, -0.1) is 0 Å². The summed E-state index contributed by atoms with van der Waals surface area (Å²) in [5.41, 5.74) is 2.45. The Labute approximate surface area is 217 Å². The second-order valence-corrected chi connectivity index (χ2v) is 9.32. The number of rotatable bonds is 9. The van der Waals surface area contributed by atoms with Gasteiger partial charge in [0.05, 0.1) is 16.9 Å². The summed E-state index contributed by atoms with van der Waals surface area (Å²) in [7, 11) is 0. The van der Waals surface area contributed by atoms with Crippen molar-refractivity contribution in [1.82, 2.24) is 24.6 Å². The third-order valence-corrected chi connectivity index (χ3v) is 6.85. The normalized spacial score (nSPS) is 19.4. The number of nitrogens with zero attached hydrogens (tertiary/aromatic N) is 4. The molecule has 0 saturated carbocycles. The lowest BCUT2D eigenvalue weighted by Crippen LogP contribution is -2.18. The van der Waals surface area contributed by atoms with E-state index in [0.717, 1.165) is 11.1 Å². The van der Waals surface area contributed by atoms with Crippen LogP contribution in [0.4, 0.5) is 14.7 Å². The van der Waals surface area contributed by atoms with Crippen LogP contribution in [-0.2, 0) is 16.1 Å². The molecular weight excluding hydrogens is 494 g/mol. The van der Waals surface area contributed by atoms with Crippen molar-refractivity contribution in [2.24, 2.45) is 5.92 Å². The van der Waals surface area contributed by atoms with Gasteiger partial charge >= 0.3 is 6.61 Å². The molecule has 0 radical (unpaired) electrons. The highest BCUT2D eigenvalue weighted by Crippen LogP contribution is 2.36. The number of alkyl halides is 2. The van der Waals surface area contributed by atoms with Gasteiger partial charge in [-0.3, -0.25) is 14.3 Å². The minimum Gasteiger partial charge on any atom is -0.434 e. The highest BCUT2D eigenvalue weighted by molar-refractivity contribution is 5.84. The van der Waals surface area contributed by atoms with Crippen LogP contribution in [0.25, 0.3) is 22.0 Å². The minimum absolute atomic E-state index is 0.0174. The van der Waals surface area contributed by atoms with E-state index < -0.39 is 12.7 Å². The molecule has 198 valence electrons. The molecule has 2 atom stereocenters. The molecule has 2 N–H and O–H groups in total.